The van der Waals surface area contributed by atoms with Crippen molar-refractivity contribution in [3.8, 4) is 0 Å². The van der Waals surface area contributed by atoms with Crippen LogP contribution in [-0.4, -0.2) is 55.7 Å². The Kier molecular flexibility index (Phi) is 7.54. The van der Waals surface area contributed by atoms with Crippen LogP contribution in [0.25, 0.3) is 0 Å². The number of amides is 2. The van der Waals surface area contributed by atoms with Gasteiger partial charge in [-0.3, -0.25) is 15.0 Å². The van der Waals surface area contributed by atoms with Gasteiger partial charge < -0.3 is 10.1 Å². The molecule has 1 aliphatic rings. The van der Waals surface area contributed by atoms with E-state index in [0.717, 1.165) is 32.5 Å². The third-order valence-corrected chi connectivity index (χ3v) is 3.55. The van der Waals surface area contributed by atoms with E-state index in [0.29, 0.717) is 5.92 Å². The van der Waals surface area contributed by atoms with Gasteiger partial charge in [0.15, 0.2) is 0 Å². The number of piperidine rings is 1. The van der Waals surface area contributed by atoms with Crippen LogP contribution in [-0.2, 0) is 9.53 Å². The Morgan fingerprint density at radius 1 is 1.35 bits per heavy atom. The molecule has 0 atom stereocenters. The van der Waals surface area contributed by atoms with Gasteiger partial charge in [0, 0.05) is 12.6 Å². The van der Waals surface area contributed by atoms with E-state index in [1.165, 1.54) is 0 Å². The van der Waals surface area contributed by atoms with Crippen molar-refractivity contribution in [3.05, 3.63) is 0 Å². The molecule has 1 aliphatic heterocycles. The summed E-state index contributed by atoms with van der Waals surface area (Å²) in [5.74, 6) is 0.320. The van der Waals surface area contributed by atoms with Gasteiger partial charge in [-0.05, 0) is 52.6 Å². The minimum atomic E-state index is -0.664. The van der Waals surface area contributed by atoms with Gasteiger partial charge in [0.05, 0.1) is 13.2 Å². The van der Waals surface area contributed by atoms with Gasteiger partial charge in [0.25, 0.3) is 0 Å². The lowest BCUT2D eigenvalue weighted by Gasteiger charge is -2.32. The van der Waals surface area contributed by atoms with Crippen LogP contribution < -0.4 is 10.6 Å². The van der Waals surface area contributed by atoms with E-state index >= 15 is 0 Å². The predicted octanol–water partition coefficient (Wildman–Crippen LogP) is 0.969. The van der Waals surface area contributed by atoms with Gasteiger partial charge in [-0.25, -0.2) is 4.79 Å². The molecule has 1 fully saturated rings. The van der Waals surface area contributed by atoms with E-state index < -0.39 is 6.09 Å². The number of ether oxygens (including phenoxy) is 1. The monoisotopic (exact) mass is 285 g/mol. The molecular formula is C14H27N3O3. The topological polar surface area (TPSA) is 70.7 Å². The second-order valence-corrected chi connectivity index (χ2v) is 5.49. The fourth-order valence-electron chi connectivity index (χ4n) is 2.36. The number of hydrogen-bond acceptors (Lipinski definition) is 5. The highest BCUT2D eigenvalue weighted by Gasteiger charge is 2.21. The Hall–Kier alpha value is -1.14. The number of nitrogens with one attached hydrogen (secondary N) is 2. The lowest BCUT2D eigenvalue weighted by atomic mass is 9.97. The highest BCUT2D eigenvalue weighted by molar-refractivity contribution is 5.92. The second kappa shape index (κ2) is 8.92. The molecule has 6 nitrogen and oxygen atoms in total. The number of rotatable bonds is 6. The molecule has 0 spiro atoms. The molecule has 2 amide bonds. The normalized spacial score (nSPS) is 16.4. The Balaban J connectivity index is 2.41. The maximum atomic E-state index is 11.8. The molecule has 1 heterocycles. The van der Waals surface area contributed by atoms with Crippen LogP contribution >= 0.6 is 0 Å². The van der Waals surface area contributed by atoms with Crippen molar-refractivity contribution < 1.29 is 14.3 Å². The fourth-order valence-corrected chi connectivity index (χ4v) is 2.36. The van der Waals surface area contributed by atoms with Crippen molar-refractivity contribution in [1.82, 2.24) is 15.5 Å². The van der Waals surface area contributed by atoms with Crippen molar-refractivity contribution in [2.75, 3.05) is 32.8 Å². The van der Waals surface area contributed by atoms with Crippen LogP contribution in [0.2, 0.25) is 0 Å². The minimum absolute atomic E-state index is 0.237. The standard InChI is InChI=1S/C14H27N3O3/c1-4-20-14(19)16-13(18)10-17(11(2)3)9-12-5-7-15-8-6-12/h11-12,15H,4-10H2,1-3H3,(H,16,18,19). The summed E-state index contributed by atoms with van der Waals surface area (Å²) in [4.78, 5) is 25.1. The lowest BCUT2D eigenvalue weighted by Crippen LogP contribution is -2.46. The molecule has 1 saturated heterocycles. The van der Waals surface area contributed by atoms with Crippen LogP contribution in [0, 0.1) is 5.92 Å². The number of nitrogens with zero attached hydrogens (tertiary/aromatic N) is 1. The molecular weight excluding hydrogens is 258 g/mol. The van der Waals surface area contributed by atoms with E-state index in [1.54, 1.807) is 6.92 Å². The smallest absolute Gasteiger partial charge is 0.413 e. The molecule has 2 N–H and O–H groups in total. The zero-order valence-electron chi connectivity index (χ0n) is 12.8. The summed E-state index contributed by atoms with van der Waals surface area (Å²) in [7, 11) is 0. The maximum absolute atomic E-state index is 11.8. The number of carbonyl (C=O) groups is 2. The molecule has 0 unspecified atom stereocenters. The maximum Gasteiger partial charge on any atom is 0.413 e. The van der Waals surface area contributed by atoms with Crippen LogP contribution in [0.1, 0.15) is 33.6 Å². The predicted molar refractivity (Wildman–Crippen MR) is 77.5 cm³/mol. The molecule has 0 aromatic carbocycles. The minimum Gasteiger partial charge on any atom is -0.450 e. The third-order valence-electron chi connectivity index (χ3n) is 3.55. The number of alkyl carbamates (subject to hydrolysis) is 1. The van der Waals surface area contributed by atoms with Gasteiger partial charge >= 0.3 is 6.09 Å². The van der Waals surface area contributed by atoms with Gasteiger partial charge in [-0.1, -0.05) is 0 Å². The fraction of sp³-hybridized carbons (Fsp3) is 0.857. The largest absolute Gasteiger partial charge is 0.450 e. The lowest BCUT2D eigenvalue weighted by molar-refractivity contribution is -0.122. The molecule has 0 radical (unpaired) electrons. The zero-order chi connectivity index (χ0) is 15.0. The van der Waals surface area contributed by atoms with Crippen LogP contribution in [0.4, 0.5) is 4.79 Å². The third kappa shape index (κ3) is 6.34. The van der Waals surface area contributed by atoms with Crippen molar-refractivity contribution in [1.29, 1.82) is 0 Å². The summed E-state index contributed by atoms with van der Waals surface area (Å²) in [6, 6.07) is 0.276. The van der Waals surface area contributed by atoms with E-state index in [9.17, 15) is 9.59 Å². The highest BCUT2D eigenvalue weighted by Crippen LogP contribution is 2.14. The Morgan fingerprint density at radius 2 is 2.00 bits per heavy atom. The quantitative estimate of drug-likeness (QED) is 0.761. The summed E-state index contributed by atoms with van der Waals surface area (Å²) in [5, 5.41) is 5.59. The summed E-state index contributed by atoms with van der Waals surface area (Å²) in [6.07, 6.45) is 1.62. The molecule has 20 heavy (non-hydrogen) atoms. The van der Waals surface area contributed by atoms with Gasteiger partial charge in [-0.2, -0.15) is 0 Å². The van der Waals surface area contributed by atoms with E-state index in [1.807, 2.05) is 0 Å². The second-order valence-electron chi connectivity index (χ2n) is 5.49. The first kappa shape index (κ1) is 16.9. The molecule has 0 aromatic rings. The molecule has 0 aliphatic carbocycles. The van der Waals surface area contributed by atoms with Gasteiger partial charge in [-0.15, -0.1) is 0 Å². The highest BCUT2D eigenvalue weighted by atomic mass is 16.5. The number of carbonyl (C=O) groups excluding carboxylic acids is 2. The summed E-state index contributed by atoms with van der Waals surface area (Å²) >= 11 is 0. The first-order valence-electron chi connectivity index (χ1n) is 7.44. The van der Waals surface area contributed by atoms with E-state index in [4.69, 9.17) is 4.74 Å². The molecule has 0 bridgehead atoms. The first-order valence-corrected chi connectivity index (χ1v) is 7.44. The van der Waals surface area contributed by atoms with Crippen molar-refractivity contribution in [2.24, 2.45) is 5.92 Å². The molecule has 116 valence electrons. The van der Waals surface area contributed by atoms with Gasteiger partial charge in [0.1, 0.15) is 0 Å². The van der Waals surface area contributed by atoms with Crippen LogP contribution in [0.15, 0.2) is 0 Å². The average Bonchev–Trinajstić information content (AvgIpc) is 2.39. The van der Waals surface area contributed by atoms with Crippen molar-refractivity contribution in [2.45, 2.75) is 39.7 Å². The van der Waals surface area contributed by atoms with Crippen molar-refractivity contribution in [3.63, 3.8) is 0 Å². The molecule has 0 aromatic heterocycles. The first-order chi connectivity index (χ1) is 9.52. The molecule has 1 rings (SSSR count). The Bertz CT molecular complexity index is 315. The summed E-state index contributed by atoms with van der Waals surface area (Å²) in [5.41, 5.74) is 0. The summed E-state index contributed by atoms with van der Waals surface area (Å²) in [6.45, 7) is 9.34. The number of imide groups is 1. The molecule has 0 saturated carbocycles. The van der Waals surface area contributed by atoms with Gasteiger partial charge in [0.2, 0.25) is 5.91 Å². The molecule has 6 heteroatoms. The van der Waals surface area contributed by atoms with Crippen LogP contribution in [0.5, 0.6) is 0 Å². The van der Waals surface area contributed by atoms with E-state index in [2.05, 4.69) is 29.4 Å². The van der Waals surface area contributed by atoms with Crippen LogP contribution in [0.3, 0.4) is 0 Å². The van der Waals surface area contributed by atoms with Crippen molar-refractivity contribution >= 4 is 12.0 Å². The SMILES string of the molecule is CCOC(=O)NC(=O)CN(CC1CCNCC1)C(C)C. The Morgan fingerprint density at radius 3 is 2.55 bits per heavy atom. The zero-order valence-corrected chi connectivity index (χ0v) is 12.8. The van der Waals surface area contributed by atoms with E-state index in [-0.39, 0.29) is 25.1 Å². The summed E-state index contributed by atoms with van der Waals surface area (Å²) < 4.78 is 4.71. The average molecular weight is 285 g/mol. The Labute approximate surface area is 121 Å². The number of hydrogen-bond donors (Lipinski definition) is 2.